The second kappa shape index (κ2) is 7.38. The van der Waals surface area contributed by atoms with Crippen LogP contribution in [0.5, 0.6) is 0 Å². The average Bonchev–Trinajstić information content (AvgIpc) is 2.88. The van der Waals surface area contributed by atoms with Crippen LogP contribution in [-0.4, -0.2) is 36.4 Å². The van der Waals surface area contributed by atoms with Gasteiger partial charge in [-0.1, -0.05) is 35.8 Å². The molecule has 0 spiro atoms. The fraction of sp³-hybridized carbons (Fsp3) is 0.429. The van der Waals surface area contributed by atoms with Crippen molar-refractivity contribution in [1.82, 2.24) is 15.5 Å². The minimum Gasteiger partial charge on any atom is -0.383 e. The van der Waals surface area contributed by atoms with E-state index in [-0.39, 0.29) is 6.04 Å². The summed E-state index contributed by atoms with van der Waals surface area (Å²) in [6.07, 6.45) is 0.624. The van der Waals surface area contributed by atoms with Gasteiger partial charge in [0.05, 0.1) is 11.6 Å². The maximum absolute atomic E-state index is 6.12. The first-order valence-electron chi connectivity index (χ1n) is 6.54. The molecular weight excluding hydrogens is 278 g/mol. The fourth-order valence-electron chi connectivity index (χ4n) is 1.98. The van der Waals surface area contributed by atoms with Crippen molar-refractivity contribution < 1.29 is 9.26 Å². The van der Waals surface area contributed by atoms with Crippen molar-refractivity contribution in [2.75, 3.05) is 20.3 Å². The molecule has 2 rings (SSSR count). The smallest absolute Gasteiger partial charge is 0.228 e. The highest BCUT2D eigenvalue weighted by Gasteiger charge is 2.15. The fourth-order valence-corrected chi connectivity index (χ4v) is 2.20. The number of nitrogens with one attached hydrogen (secondary N) is 1. The van der Waals surface area contributed by atoms with E-state index in [0.29, 0.717) is 29.8 Å². The van der Waals surface area contributed by atoms with Gasteiger partial charge in [0.2, 0.25) is 11.7 Å². The van der Waals surface area contributed by atoms with E-state index >= 15 is 0 Å². The standard InChI is InChI=1S/C14H18ClN3O2/c1-3-16-10(9-19-2)8-13-17-14(18-20-13)11-6-4-5-7-12(11)15/h4-7,10,16H,3,8-9H2,1-2H3. The van der Waals surface area contributed by atoms with Gasteiger partial charge in [0.25, 0.3) is 0 Å². The Hall–Kier alpha value is -1.43. The summed E-state index contributed by atoms with van der Waals surface area (Å²) >= 11 is 6.12. The molecule has 0 aliphatic heterocycles. The third-order valence-electron chi connectivity index (χ3n) is 2.86. The quantitative estimate of drug-likeness (QED) is 0.850. The van der Waals surface area contributed by atoms with Gasteiger partial charge in [0.15, 0.2) is 0 Å². The number of ether oxygens (including phenoxy) is 1. The van der Waals surface area contributed by atoms with Crippen molar-refractivity contribution in [3.8, 4) is 11.4 Å². The molecule has 0 aliphatic carbocycles. The molecule has 1 aromatic heterocycles. The molecule has 1 heterocycles. The first-order chi connectivity index (χ1) is 9.74. The van der Waals surface area contributed by atoms with Crippen LogP contribution in [0.1, 0.15) is 12.8 Å². The van der Waals surface area contributed by atoms with Gasteiger partial charge in [-0.05, 0) is 18.7 Å². The molecule has 2 aromatic rings. The summed E-state index contributed by atoms with van der Waals surface area (Å²) in [6.45, 7) is 3.50. The van der Waals surface area contributed by atoms with E-state index in [9.17, 15) is 0 Å². The molecule has 0 aliphatic rings. The van der Waals surface area contributed by atoms with E-state index in [1.807, 2.05) is 25.1 Å². The van der Waals surface area contributed by atoms with Crippen molar-refractivity contribution in [3.63, 3.8) is 0 Å². The van der Waals surface area contributed by atoms with Crippen LogP contribution in [0.15, 0.2) is 28.8 Å². The Kier molecular flexibility index (Phi) is 5.52. The number of hydrogen-bond acceptors (Lipinski definition) is 5. The summed E-state index contributed by atoms with van der Waals surface area (Å²) in [4.78, 5) is 4.39. The Labute approximate surface area is 123 Å². The van der Waals surface area contributed by atoms with E-state index in [2.05, 4.69) is 15.5 Å². The third-order valence-corrected chi connectivity index (χ3v) is 3.19. The van der Waals surface area contributed by atoms with Crippen LogP contribution in [0.3, 0.4) is 0 Å². The summed E-state index contributed by atoms with van der Waals surface area (Å²) in [6, 6.07) is 7.59. The number of nitrogens with zero attached hydrogens (tertiary/aromatic N) is 2. The molecule has 0 radical (unpaired) electrons. The summed E-state index contributed by atoms with van der Waals surface area (Å²) < 4.78 is 10.4. The Morgan fingerprint density at radius 2 is 2.20 bits per heavy atom. The number of rotatable bonds is 7. The average molecular weight is 296 g/mol. The van der Waals surface area contributed by atoms with E-state index in [1.165, 1.54) is 0 Å². The van der Waals surface area contributed by atoms with Crippen LogP contribution in [0.25, 0.3) is 11.4 Å². The molecule has 0 fully saturated rings. The van der Waals surface area contributed by atoms with Gasteiger partial charge in [0.1, 0.15) is 0 Å². The maximum Gasteiger partial charge on any atom is 0.228 e. The van der Waals surface area contributed by atoms with Gasteiger partial charge < -0.3 is 14.6 Å². The lowest BCUT2D eigenvalue weighted by molar-refractivity contribution is 0.162. The zero-order valence-electron chi connectivity index (χ0n) is 11.6. The van der Waals surface area contributed by atoms with Crippen LogP contribution < -0.4 is 5.32 Å². The van der Waals surface area contributed by atoms with Gasteiger partial charge in [-0.2, -0.15) is 4.98 Å². The second-order valence-electron chi connectivity index (χ2n) is 4.41. The predicted molar refractivity (Wildman–Crippen MR) is 77.8 cm³/mol. The van der Waals surface area contributed by atoms with E-state index < -0.39 is 0 Å². The molecule has 20 heavy (non-hydrogen) atoms. The summed E-state index contributed by atoms with van der Waals surface area (Å²) in [5.41, 5.74) is 0.774. The molecule has 5 nitrogen and oxygen atoms in total. The lowest BCUT2D eigenvalue weighted by Gasteiger charge is -2.14. The molecule has 0 saturated heterocycles. The number of methoxy groups -OCH3 is 1. The molecule has 0 saturated carbocycles. The van der Waals surface area contributed by atoms with Crippen LogP contribution in [0.2, 0.25) is 5.02 Å². The molecule has 1 aromatic carbocycles. The molecule has 0 bridgehead atoms. The van der Waals surface area contributed by atoms with Crippen LogP contribution in [0, 0.1) is 0 Å². The number of likely N-dealkylation sites (N-methyl/N-ethyl adjacent to an activating group) is 1. The van der Waals surface area contributed by atoms with Gasteiger partial charge in [-0.25, -0.2) is 0 Å². The first-order valence-corrected chi connectivity index (χ1v) is 6.92. The Morgan fingerprint density at radius 1 is 1.40 bits per heavy atom. The van der Waals surface area contributed by atoms with Crippen LogP contribution in [-0.2, 0) is 11.2 Å². The van der Waals surface area contributed by atoms with E-state index in [4.69, 9.17) is 20.9 Å². The van der Waals surface area contributed by atoms with Crippen LogP contribution >= 0.6 is 11.6 Å². The van der Waals surface area contributed by atoms with Gasteiger partial charge in [-0.15, -0.1) is 0 Å². The highest BCUT2D eigenvalue weighted by molar-refractivity contribution is 6.33. The SMILES string of the molecule is CCNC(COC)Cc1nc(-c2ccccc2Cl)no1. The van der Waals surface area contributed by atoms with Crippen molar-refractivity contribution >= 4 is 11.6 Å². The maximum atomic E-state index is 6.12. The largest absolute Gasteiger partial charge is 0.383 e. The van der Waals surface area contributed by atoms with E-state index in [0.717, 1.165) is 12.1 Å². The molecule has 6 heteroatoms. The van der Waals surface area contributed by atoms with Gasteiger partial charge in [-0.3, -0.25) is 0 Å². The van der Waals surface area contributed by atoms with Crippen LogP contribution in [0.4, 0.5) is 0 Å². The molecule has 1 atom stereocenters. The highest BCUT2D eigenvalue weighted by atomic mass is 35.5. The van der Waals surface area contributed by atoms with E-state index in [1.54, 1.807) is 13.2 Å². The van der Waals surface area contributed by atoms with Crippen molar-refractivity contribution in [2.45, 2.75) is 19.4 Å². The highest BCUT2D eigenvalue weighted by Crippen LogP contribution is 2.24. The third kappa shape index (κ3) is 3.79. The Bertz CT molecular complexity index is 539. The minimum absolute atomic E-state index is 0.157. The lowest BCUT2D eigenvalue weighted by Crippen LogP contribution is -2.35. The summed E-state index contributed by atoms with van der Waals surface area (Å²) in [5, 5.41) is 7.91. The van der Waals surface area contributed by atoms with Crippen molar-refractivity contribution in [3.05, 3.63) is 35.2 Å². The number of halogens is 1. The molecule has 0 amide bonds. The zero-order valence-corrected chi connectivity index (χ0v) is 12.4. The Balaban J connectivity index is 2.10. The molecule has 1 N–H and O–H groups in total. The Morgan fingerprint density at radius 3 is 2.90 bits per heavy atom. The topological polar surface area (TPSA) is 60.2 Å². The van der Waals surface area contributed by atoms with Crippen molar-refractivity contribution in [1.29, 1.82) is 0 Å². The normalized spacial score (nSPS) is 12.6. The minimum atomic E-state index is 0.157. The summed E-state index contributed by atoms with van der Waals surface area (Å²) in [7, 11) is 1.67. The van der Waals surface area contributed by atoms with Crippen molar-refractivity contribution in [2.24, 2.45) is 0 Å². The number of hydrogen-bond donors (Lipinski definition) is 1. The predicted octanol–water partition coefficient (Wildman–Crippen LogP) is 2.56. The van der Waals surface area contributed by atoms with Gasteiger partial charge in [0, 0.05) is 25.1 Å². The zero-order chi connectivity index (χ0) is 14.4. The molecular formula is C14H18ClN3O2. The summed E-state index contributed by atoms with van der Waals surface area (Å²) in [5.74, 6) is 1.08. The molecule has 1 unspecified atom stereocenters. The number of aromatic nitrogens is 2. The first kappa shape index (κ1) is 15.0. The number of benzene rings is 1. The second-order valence-corrected chi connectivity index (χ2v) is 4.81. The monoisotopic (exact) mass is 295 g/mol. The van der Waals surface area contributed by atoms with Gasteiger partial charge >= 0.3 is 0 Å². The molecule has 108 valence electrons. The lowest BCUT2D eigenvalue weighted by atomic mass is 10.2.